The molecule has 3 rings (SSSR count). The molecule has 0 atom stereocenters. The van der Waals surface area contributed by atoms with Gasteiger partial charge in [0.1, 0.15) is 11.4 Å². The number of aromatic nitrogens is 2. The summed E-state index contributed by atoms with van der Waals surface area (Å²) in [5, 5.41) is 13.6. The normalized spacial score (nSPS) is 13.0. The maximum absolute atomic E-state index is 14.4. The minimum absolute atomic E-state index is 0.0992. The second kappa shape index (κ2) is 7.03. The van der Waals surface area contributed by atoms with E-state index in [1.165, 1.54) is 13.0 Å². The van der Waals surface area contributed by atoms with Gasteiger partial charge in [0.2, 0.25) is 5.82 Å². The van der Waals surface area contributed by atoms with E-state index in [4.69, 9.17) is 14.0 Å². The summed E-state index contributed by atoms with van der Waals surface area (Å²) in [6, 6.07) is 5.75. The van der Waals surface area contributed by atoms with Crippen LogP contribution in [0.25, 0.3) is 28.1 Å². The fourth-order valence-electron chi connectivity index (χ4n) is 2.55. The van der Waals surface area contributed by atoms with Gasteiger partial charge in [0, 0.05) is 11.0 Å². The minimum atomic E-state index is -1.23. The zero-order valence-corrected chi connectivity index (χ0v) is 15.0. The Kier molecular flexibility index (Phi) is 4.77. The predicted molar refractivity (Wildman–Crippen MR) is 98.6 cm³/mol. The van der Waals surface area contributed by atoms with Gasteiger partial charge in [-0.25, -0.2) is 9.18 Å². The molecule has 0 aliphatic carbocycles. The molecule has 0 unspecified atom stereocenters. The highest BCUT2D eigenvalue weighted by Crippen LogP contribution is 2.31. The molecule has 0 aliphatic rings. The van der Waals surface area contributed by atoms with Gasteiger partial charge in [-0.1, -0.05) is 29.9 Å². The smallest absolute Gasteiger partial charge is 0.331 e. The Bertz CT molecular complexity index is 1080. The van der Waals surface area contributed by atoms with Crippen molar-refractivity contribution in [3.63, 3.8) is 0 Å². The third-order valence-electron chi connectivity index (χ3n) is 4.12. The van der Waals surface area contributed by atoms with Crippen LogP contribution in [0, 0.1) is 13.8 Å². The number of allylic oxidation sites excluding steroid dienone is 4. The summed E-state index contributed by atoms with van der Waals surface area (Å²) in [6.45, 7) is 8.70. The molecule has 0 saturated carbocycles. The number of furan rings is 1. The van der Waals surface area contributed by atoms with Crippen LogP contribution < -0.4 is 0 Å². The molecule has 1 N–H and O–H groups in total. The van der Waals surface area contributed by atoms with Gasteiger partial charge >= 0.3 is 5.97 Å². The zero-order valence-electron chi connectivity index (χ0n) is 15.0. The molecule has 0 radical (unpaired) electrons. The van der Waals surface area contributed by atoms with E-state index < -0.39 is 11.8 Å². The van der Waals surface area contributed by atoms with Crippen LogP contribution in [0.5, 0.6) is 0 Å². The van der Waals surface area contributed by atoms with Gasteiger partial charge < -0.3 is 14.0 Å². The Hall–Kier alpha value is -3.48. The van der Waals surface area contributed by atoms with Crippen molar-refractivity contribution >= 4 is 22.5 Å². The van der Waals surface area contributed by atoms with Crippen molar-refractivity contribution in [3.8, 4) is 11.6 Å². The molecule has 7 heteroatoms. The Morgan fingerprint density at radius 2 is 2.00 bits per heavy atom. The van der Waals surface area contributed by atoms with Gasteiger partial charge in [-0.15, -0.1) is 0 Å². The van der Waals surface area contributed by atoms with Gasteiger partial charge in [-0.2, -0.15) is 4.98 Å². The highest BCUT2D eigenvalue weighted by molar-refractivity contribution is 5.88. The van der Waals surface area contributed by atoms with Crippen molar-refractivity contribution < 1.29 is 23.2 Å². The van der Waals surface area contributed by atoms with Crippen molar-refractivity contribution in [1.82, 2.24) is 10.1 Å². The highest BCUT2D eigenvalue weighted by atomic mass is 19.1. The Balaban J connectivity index is 2.05. The Labute approximate surface area is 154 Å². The fraction of sp³-hybridized carbons (Fsp3) is 0.150. The molecule has 0 spiro atoms. The largest absolute Gasteiger partial charge is 0.478 e. The van der Waals surface area contributed by atoms with E-state index in [9.17, 15) is 9.18 Å². The predicted octanol–water partition coefficient (Wildman–Crippen LogP) is 5.00. The number of hydrogen-bond donors (Lipinski definition) is 1. The lowest BCUT2D eigenvalue weighted by Gasteiger charge is -1.97. The summed E-state index contributed by atoms with van der Waals surface area (Å²) < 4.78 is 25.3. The van der Waals surface area contributed by atoms with E-state index in [0.717, 1.165) is 28.2 Å². The number of nitrogens with zero attached hydrogens (tertiary/aromatic N) is 2. The lowest BCUT2D eigenvalue weighted by molar-refractivity contribution is -0.132. The Morgan fingerprint density at radius 3 is 2.63 bits per heavy atom. The maximum Gasteiger partial charge on any atom is 0.331 e. The summed E-state index contributed by atoms with van der Waals surface area (Å²) >= 11 is 0. The van der Waals surface area contributed by atoms with E-state index >= 15 is 0 Å². The molecule has 1 aromatic carbocycles. The van der Waals surface area contributed by atoms with Crippen LogP contribution in [0.15, 0.2) is 57.3 Å². The van der Waals surface area contributed by atoms with E-state index in [2.05, 4.69) is 16.7 Å². The molecular weight excluding hydrogens is 351 g/mol. The molecule has 0 bridgehead atoms. The second-order valence-corrected chi connectivity index (χ2v) is 6.07. The number of benzene rings is 1. The number of rotatable bonds is 5. The van der Waals surface area contributed by atoms with Gasteiger partial charge in [-0.3, -0.25) is 0 Å². The van der Waals surface area contributed by atoms with E-state index in [1.807, 2.05) is 26.0 Å². The van der Waals surface area contributed by atoms with Crippen molar-refractivity contribution in [2.24, 2.45) is 0 Å². The summed E-state index contributed by atoms with van der Waals surface area (Å²) in [4.78, 5) is 15.0. The monoisotopic (exact) mass is 368 g/mol. The molecule has 2 aromatic heterocycles. The quantitative estimate of drug-likeness (QED) is 0.504. The van der Waals surface area contributed by atoms with Crippen LogP contribution in [-0.2, 0) is 4.79 Å². The average molecular weight is 368 g/mol. The summed E-state index contributed by atoms with van der Waals surface area (Å²) in [5.41, 5.74) is 2.47. The van der Waals surface area contributed by atoms with Gasteiger partial charge in [0.05, 0.1) is 5.57 Å². The molecule has 0 saturated heterocycles. The number of aliphatic carboxylic acids is 1. The van der Waals surface area contributed by atoms with Crippen LogP contribution in [0.4, 0.5) is 4.39 Å². The van der Waals surface area contributed by atoms with Crippen molar-refractivity contribution in [3.05, 3.63) is 65.3 Å². The molecule has 27 heavy (non-hydrogen) atoms. The first-order chi connectivity index (χ1) is 12.8. The first-order valence-electron chi connectivity index (χ1n) is 8.09. The third-order valence-corrected chi connectivity index (χ3v) is 4.12. The number of carboxylic acid groups (broad SMARTS) is 1. The number of hydrogen-bond acceptors (Lipinski definition) is 5. The summed E-state index contributed by atoms with van der Waals surface area (Å²) in [7, 11) is 0. The molecule has 3 aromatic rings. The van der Waals surface area contributed by atoms with E-state index in [-0.39, 0.29) is 22.9 Å². The number of halogens is 1. The Morgan fingerprint density at radius 1 is 1.30 bits per heavy atom. The van der Waals surface area contributed by atoms with E-state index in [1.54, 1.807) is 6.07 Å². The number of carbonyl (C=O) groups is 1. The third kappa shape index (κ3) is 3.44. The van der Waals surface area contributed by atoms with Crippen LogP contribution in [0.3, 0.4) is 0 Å². The zero-order chi connectivity index (χ0) is 19.7. The summed E-state index contributed by atoms with van der Waals surface area (Å²) in [5.74, 6) is -1.64. The summed E-state index contributed by atoms with van der Waals surface area (Å²) in [6.07, 6.45) is 2.06. The SMILES string of the molecule is C=C/C(=C(F)\C=C(/C)C(=O)O)c1nc(-c2cc3c(C)ccc(C)c3o2)no1. The number of carboxylic acids is 1. The lowest BCUT2D eigenvalue weighted by atomic mass is 10.1. The lowest BCUT2D eigenvalue weighted by Crippen LogP contribution is -1.96. The first-order valence-corrected chi connectivity index (χ1v) is 8.09. The number of fused-ring (bicyclic) bond motifs is 1. The molecule has 138 valence electrons. The molecule has 6 nitrogen and oxygen atoms in total. The van der Waals surface area contributed by atoms with Gasteiger partial charge in [0.25, 0.3) is 5.89 Å². The topological polar surface area (TPSA) is 89.4 Å². The van der Waals surface area contributed by atoms with Crippen LogP contribution >= 0.6 is 0 Å². The average Bonchev–Trinajstić information content (AvgIpc) is 3.26. The highest BCUT2D eigenvalue weighted by Gasteiger charge is 2.18. The van der Waals surface area contributed by atoms with Gasteiger partial charge in [-0.05, 0) is 44.0 Å². The van der Waals surface area contributed by atoms with Crippen LogP contribution in [0.2, 0.25) is 0 Å². The fourth-order valence-corrected chi connectivity index (χ4v) is 2.55. The van der Waals surface area contributed by atoms with Crippen LogP contribution in [0.1, 0.15) is 23.9 Å². The van der Waals surface area contributed by atoms with Crippen LogP contribution in [-0.4, -0.2) is 21.2 Å². The second-order valence-electron chi connectivity index (χ2n) is 6.07. The van der Waals surface area contributed by atoms with Crippen molar-refractivity contribution in [2.45, 2.75) is 20.8 Å². The molecule has 0 fully saturated rings. The standard InChI is InChI=1S/C20H17FN2O4/c1-5-13(15(21)8-12(4)20(24)25)19-22-18(23-27-19)16-9-14-10(2)6-7-11(3)17(14)26-16/h5-9H,1H2,2-4H3,(H,24,25)/b12-8+,15-13-. The van der Waals surface area contributed by atoms with Gasteiger partial charge in [0.15, 0.2) is 5.76 Å². The van der Waals surface area contributed by atoms with Crippen molar-refractivity contribution in [1.29, 1.82) is 0 Å². The molecule has 0 aliphatic heterocycles. The molecule has 0 amide bonds. The van der Waals surface area contributed by atoms with E-state index in [0.29, 0.717) is 5.76 Å². The molecule has 2 heterocycles. The minimum Gasteiger partial charge on any atom is -0.478 e. The molecular formula is C20H17FN2O4. The first kappa shape index (κ1) is 18.3. The maximum atomic E-state index is 14.4. The number of aryl methyl sites for hydroxylation is 2. The van der Waals surface area contributed by atoms with Crippen molar-refractivity contribution in [2.75, 3.05) is 0 Å².